The number of amides is 2. The van der Waals surface area contributed by atoms with Crippen molar-refractivity contribution in [2.75, 3.05) is 26.2 Å². The van der Waals surface area contributed by atoms with Crippen LogP contribution < -0.4 is 10.6 Å². The number of fused-ring (bicyclic) bond motifs is 1. The topological polar surface area (TPSA) is 89.2 Å². The number of nitrogens with zero attached hydrogens (tertiary/aromatic N) is 4. The van der Waals surface area contributed by atoms with Crippen LogP contribution in [-0.2, 0) is 26.1 Å². The number of aromatic amines is 1. The van der Waals surface area contributed by atoms with Gasteiger partial charge in [-0.3, -0.25) is 4.98 Å². The van der Waals surface area contributed by atoms with Gasteiger partial charge in [0.25, 0.3) is 0 Å². The third-order valence-corrected chi connectivity index (χ3v) is 7.75. The fourth-order valence-electron chi connectivity index (χ4n) is 5.87. The normalized spacial score (nSPS) is 14.9. The van der Waals surface area contributed by atoms with Gasteiger partial charge in [0, 0.05) is 51.3 Å². The number of hydrogen-bond acceptors (Lipinski definition) is 5. The maximum atomic E-state index is 13.7. The number of carbonyl (C=O) groups is 1. The van der Waals surface area contributed by atoms with Gasteiger partial charge in [0.2, 0.25) is 0 Å². The van der Waals surface area contributed by atoms with Crippen molar-refractivity contribution in [2.45, 2.75) is 85.5 Å². The molecule has 3 aromatic rings. The number of hydrogen-bond donors (Lipinski definition) is 3. The number of benzene rings is 1. The van der Waals surface area contributed by atoms with Crippen LogP contribution in [0.15, 0.2) is 55.0 Å². The Labute approximate surface area is 252 Å². The number of imidazole rings is 1. The number of rotatable bonds is 16. The van der Waals surface area contributed by atoms with E-state index >= 15 is 0 Å². The molecule has 1 aromatic carbocycles. The standard InChI is InChI=1S/C34H51N7O/c1-26(2)23-40(24-27(3)4)19-5-6-20-41(34(42)39-31-11-7-9-30-10-8-16-38-33(30)31)25-29-14-12-28(13-15-29)21-35-22-32-36-17-18-37-32/h8,10,12-18,26-27,31,35H,5-7,9,11,19-25H2,1-4H3,(H,36,37)(H,39,42). The SMILES string of the molecule is CC(C)CN(CCCCN(Cc1ccc(CNCc2ncc[nH]2)cc1)C(=O)NC1CCCc2cccnc21)CC(C)C. The van der Waals surface area contributed by atoms with E-state index in [0.717, 1.165) is 81.9 Å². The molecular weight excluding hydrogens is 522 g/mol. The van der Waals surface area contributed by atoms with Crippen molar-refractivity contribution in [1.29, 1.82) is 0 Å². The van der Waals surface area contributed by atoms with Crippen molar-refractivity contribution in [2.24, 2.45) is 11.8 Å². The third-order valence-electron chi connectivity index (χ3n) is 7.75. The number of aryl methyl sites for hydroxylation is 1. The largest absolute Gasteiger partial charge is 0.348 e. The Morgan fingerprint density at radius 3 is 2.40 bits per heavy atom. The second kappa shape index (κ2) is 16.4. The molecule has 2 amide bonds. The summed E-state index contributed by atoms with van der Waals surface area (Å²) in [5.41, 5.74) is 4.64. The molecule has 0 fully saturated rings. The summed E-state index contributed by atoms with van der Waals surface area (Å²) in [5.74, 6) is 2.24. The minimum atomic E-state index is -0.0277. The Bertz CT molecular complexity index is 1180. The zero-order valence-corrected chi connectivity index (χ0v) is 26.1. The highest BCUT2D eigenvalue weighted by Crippen LogP contribution is 2.28. The van der Waals surface area contributed by atoms with Crippen LogP contribution in [0.1, 0.15) is 87.6 Å². The molecule has 2 aromatic heterocycles. The van der Waals surface area contributed by atoms with Crippen molar-refractivity contribution in [1.82, 2.24) is 35.4 Å². The molecule has 8 nitrogen and oxygen atoms in total. The van der Waals surface area contributed by atoms with Crippen LogP contribution in [0.2, 0.25) is 0 Å². The van der Waals surface area contributed by atoms with Crippen LogP contribution in [0.4, 0.5) is 4.79 Å². The Morgan fingerprint density at radius 2 is 1.69 bits per heavy atom. The summed E-state index contributed by atoms with van der Waals surface area (Å²) < 4.78 is 0. The molecule has 0 saturated carbocycles. The summed E-state index contributed by atoms with van der Waals surface area (Å²) in [6, 6.07) is 12.7. The van der Waals surface area contributed by atoms with Gasteiger partial charge in [0.05, 0.1) is 18.3 Å². The molecule has 0 saturated heterocycles. The first-order chi connectivity index (χ1) is 20.4. The zero-order valence-electron chi connectivity index (χ0n) is 26.1. The van der Waals surface area contributed by atoms with E-state index in [1.54, 1.807) is 6.20 Å². The van der Waals surface area contributed by atoms with Crippen LogP contribution in [0, 0.1) is 11.8 Å². The molecule has 8 heteroatoms. The number of aromatic nitrogens is 3. The lowest BCUT2D eigenvalue weighted by molar-refractivity contribution is 0.183. The number of urea groups is 1. The minimum absolute atomic E-state index is 0.00362. The monoisotopic (exact) mass is 573 g/mol. The first kappa shape index (κ1) is 31.7. The summed E-state index contributed by atoms with van der Waals surface area (Å²) in [5, 5.41) is 6.77. The van der Waals surface area contributed by atoms with Crippen molar-refractivity contribution < 1.29 is 4.79 Å². The molecule has 1 aliphatic carbocycles. The number of unbranched alkanes of at least 4 members (excludes halogenated alkanes) is 1. The molecule has 1 atom stereocenters. The van der Waals surface area contributed by atoms with Crippen molar-refractivity contribution in [3.05, 3.63) is 83.2 Å². The van der Waals surface area contributed by atoms with Crippen molar-refractivity contribution in [3.8, 4) is 0 Å². The predicted octanol–water partition coefficient (Wildman–Crippen LogP) is 6.08. The highest BCUT2D eigenvalue weighted by molar-refractivity contribution is 5.74. The molecule has 1 unspecified atom stereocenters. The van der Waals surface area contributed by atoms with E-state index in [4.69, 9.17) is 0 Å². The number of H-pyrrole nitrogens is 1. The van der Waals surface area contributed by atoms with Gasteiger partial charge < -0.3 is 25.4 Å². The first-order valence-corrected chi connectivity index (χ1v) is 15.9. The lowest BCUT2D eigenvalue weighted by Crippen LogP contribution is -2.43. The van der Waals surface area contributed by atoms with Crippen LogP contribution in [0.5, 0.6) is 0 Å². The van der Waals surface area contributed by atoms with Gasteiger partial charge in [-0.15, -0.1) is 0 Å². The van der Waals surface area contributed by atoms with E-state index in [1.165, 1.54) is 11.1 Å². The molecule has 0 aliphatic heterocycles. The summed E-state index contributed by atoms with van der Waals surface area (Å²) in [6.45, 7) is 15.3. The van der Waals surface area contributed by atoms with E-state index in [-0.39, 0.29) is 12.1 Å². The summed E-state index contributed by atoms with van der Waals surface area (Å²) in [6.07, 6.45) is 10.5. The molecule has 4 rings (SSSR count). The Kier molecular flexibility index (Phi) is 12.4. The van der Waals surface area contributed by atoms with Crippen molar-refractivity contribution in [3.63, 3.8) is 0 Å². The Balaban J connectivity index is 1.36. The molecule has 0 radical (unpaired) electrons. The van der Waals surface area contributed by atoms with Gasteiger partial charge in [0.15, 0.2) is 0 Å². The van der Waals surface area contributed by atoms with Crippen LogP contribution in [-0.4, -0.2) is 57.0 Å². The fourth-order valence-corrected chi connectivity index (χ4v) is 5.87. The van der Waals surface area contributed by atoms with Crippen LogP contribution >= 0.6 is 0 Å². The quantitative estimate of drug-likeness (QED) is 0.181. The maximum absolute atomic E-state index is 13.7. The van der Waals surface area contributed by atoms with Crippen LogP contribution in [0.25, 0.3) is 0 Å². The average molecular weight is 574 g/mol. The molecule has 3 N–H and O–H groups in total. The second-order valence-corrected chi connectivity index (χ2v) is 12.6. The number of carbonyl (C=O) groups excluding carboxylic acids is 1. The molecule has 228 valence electrons. The molecule has 2 heterocycles. The van der Waals surface area contributed by atoms with Gasteiger partial charge in [-0.25, -0.2) is 9.78 Å². The number of nitrogens with one attached hydrogen (secondary N) is 3. The third kappa shape index (κ3) is 10.2. The van der Waals surface area contributed by atoms with E-state index < -0.39 is 0 Å². The Hall–Kier alpha value is -3.23. The zero-order chi connectivity index (χ0) is 29.7. The molecule has 1 aliphatic rings. The maximum Gasteiger partial charge on any atom is 0.318 e. The van der Waals surface area contributed by atoms with Crippen LogP contribution in [0.3, 0.4) is 0 Å². The van der Waals surface area contributed by atoms with Gasteiger partial charge in [-0.2, -0.15) is 0 Å². The van der Waals surface area contributed by atoms with E-state index in [2.05, 4.69) is 88.5 Å². The molecule has 0 spiro atoms. The molecule has 0 bridgehead atoms. The summed E-state index contributed by atoms with van der Waals surface area (Å²) in [7, 11) is 0. The van der Waals surface area contributed by atoms with Crippen molar-refractivity contribution >= 4 is 6.03 Å². The summed E-state index contributed by atoms with van der Waals surface area (Å²) in [4.78, 5) is 30.3. The highest BCUT2D eigenvalue weighted by Gasteiger charge is 2.25. The van der Waals surface area contributed by atoms with Gasteiger partial charge in [0.1, 0.15) is 5.82 Å². The highest BCUT2D eigenvalue weighted by atomic mass is 16.2. The smallest absolute Gasteiger partial charge is 0.318 e. The Morgan fingerprint density at radius 1 is 0.952 bits per heavy atom. The number of pyridine rings is 1. The second-order valence-electron chi connectivity index (χ2n) is 12.6. The van der Waals surface area contributed by atoms with E-state index in [0.29, 0.717) is 24.9 Å². The molecule has 42 heavy (non-hydrogen) atoms. The van der Waals surface area contributed by atoms with Gasteiger partial charge in [-0.1, -0.05) is 58.0 Å². The summed E-state index contributed by atoms with van der Waals surface area (Å²) >= 11 is 0. The minimum Gasteiger partial charge on any atom is -0.348 e. The van der Waals surface area contributed by atoms with Gasteiger partial charge in [-0.05, 0) is 73.2 Å². The van der Waals surface area contributed by atoms with Gasteiger partial charge >= 0.3 is 6.03 Å². The average Bonchev–Trinajstić information content (AvgIpc) is 3.48. The van der Waals surface area contributed by atoms with E-state index in [1.807, 2.05) is 23.4 Å². The lowest BCUT2D eigenvalue weighted by atomic mass is 9.92. The lowest BCUT2D eigenvalue weighted by Gasteiger charge is -2.30. The fraction of sp³-hybridized carbons (Fsp3) is 0.559. The van der Waals surface area contributed by atoms with E-state index in [9.17, 15) is 4.79 Å². The first-order valence-electron chi connectivity index (χ1n) is 15.9. The molecular formula is C34H51N7O. The predicted molar refractivity (Wildman–Crippen MR) is 170 cm³/mol.